The van der Waals surface area contributed by atoms with Crippen molar-refractivity contribution < 1.29 is 13.9 Å². The average Bonchev–Trinajstić information content (AvgIpc) is 2.36. The molecule has 0 spiro atoms. The van der Waals surface area contributed by atoms with Gasteiger partial charge in [-0.25, -0.2) is 4.39 Å². The first-order valence-corrected chi connectivity index (χ1v) is 5.41. The Morgan fingerprint density at radius 3 is 2.78 bits per heavy atom. The Morgan fingerprint density at radius 2 is 2.11 bits per heavy atom. The van der Waals surface area contributed by atoms with Crippen LogP contribution in [0.2, 0.25) is 0 Å². The van der Waals surface area contributed by atoms with Gasteiger partial charge >= 0.3 is 0 Å². The van der Waals surface area contributed by atoms with Crippen molar-refractivity contribution in [1.29, 1.82) is 0 Å². The molecular formula is C14H12FNO2. The van der Waals surface area contributed by atoms with Crippen molar-refractivity contribution in [3.63, 3.8) is 0 Å². The fraction of sp³-hybridized carbons (Fsp3) is 0.143. The number of hydrogen-bond acceptors (Lipinski definition) is 3. The second kappa shape index (κ2) is 4.96. The Kier molecular flexibility index (Phi) is 3.37. The van der Waals surface area contributed by atoms with Crippen LogP contribution in [0.15, 0.2) is 36.7 Å². The minimum atomic E-state index is -0.425. The maximum atomic E-state index is 13.3. The third-order valence-electron chi connectivity index (χ3n) is 2.55. The molecule has 1 aromatic heterocycles. The summed E-state index contributed by atoms with van der Waals surface area (Å²) in [4.78, 5) is 16.1. The number of aromatic nitrogens is 1. The molecule has 0 radical (unpaired) electrons. The average molecular weight is 245 g/mol. The Hall–Kier alpha value is -2.23. The highest BCUT2D eigenvalue weighted by molar-refractivity contribution is 6.10. The number of hydrogen-bond donors (Lipinski definition) is 0. The van der Waals surface area contributed by atoms with Gasteiger partial charge in [0.2, 0.25) is 0 Å². The molecule has 0 aliphatic carbocycles. The Balaban J connectivity index is 2.47. The number of halogens is 1. The number of methoxy groups -OCH3 is 1. The van der Waals surface area contributed by atoms with E-state index in [0.29, 0.717) is 22.4 Å². The summed E-state index contributed by atoms with van der Waals surface area (Å²) in [6, 6.07) is 5.79. The number of nitrogens with zero attached hydrogens (tertiary/aromatic N) is 1. The van der Waals surface area contributed by atoms with Crippen LogP contribution in [0.1, 0.15) is 21.5 Å². The zero-order valence-corrected chi connectivity index (χ0v) is 10.1. The largest absolute Gasteiger partial charge is 0.494 e. The van der Waals surface area contributed by atoms with E-state index in [1.807, 2.05) is 0 Å². The molecule has 0 unspecified atom stereocenters. The minimum absolute atomic E-state index is 0.281. The highest BCUT2D eigenvalue weighted by Crippen LogP contribution is 2.21. The topological polar surface area (TPSA) is 39.2 Å². The second-order valence-electron chi connectivity index (χ2n) is 3.92. The van der Waals surface area contributed by atoms with Gasteiger partial charge in [0, 0.05) is 11.8 Å². The first kappa shape index (κ1) is 12.2. The number of rotatable bonds is 3. The van der Waals surface area contributed by atoms with Gasteiger partial charge in [-0.2, -0.15) is 0 Å². The quantitative estimate of drug-likeness (QED) is 0.780. The third-order valence-corrected chi connectivity index (χ3v) is 2.55. The zero-order valence-electron chi connectivity index (χ0n) is 10.1. The summed E-state index contributed by atoms with van der Waals surface area (Å²) in [5.74, 6) is -0.326. The van der Waals surface area contributed by atoms with E-state index in [4.69, 9.17) is 4.74 Å². The van der Waals surface area contributed by atoms with Crippen LogP contribution in [0.25, 0.3) is 0 Å². The third kappa shape index (κ3) is 2.37. The Morgan fingerprint density at radius 1 is 1.33 bits per heavy atom. The van der Waals surface area contributed by atoms with Crippen LogP contribution >= 0.6 is 0 Å². The molecule has 0 aliphatic heterocycles. The van der Waals surface area contributed by atoms with Crippen LogP contribution in [-0.4, -0.2) is 17.9 Å². The highest BCUT2D eigenvalue weighted by atomic mass is 19.1. The molecule has 18 heavy (non-hydrogen) atoms. The van der Waals surface area contributed by atoms with Crippen molar-refractivity contribution >= 4 is 5.78 Å². The molecule has 2 aromatic rings. The summed E-state index contributed by atoms with van der Waals surface area (Å²) >= 11 is 0. The number of benzene rings is 1. The maximum Gasteiger partial charge on any atom is 0.196 e. The van der Waals surface area contributed by atoms with Crippen LogP contribution in [0.5, 0.6) is 5.75 Å². The molecule has 2 rings (SSSR count). The fourth-order valence-electron chi connectivity index (χ4n) is 1.75. The number of pyridine rings is 1. The molecule has 3 nitrogen and oxygen atoms in total. The summed E-state index contributed by atoms with van der Waals surface area (Å²) < 4.78 is 18.4. The van der Waals surface area contributed by atoms with Gasteiger partial charge in [0.15, 0.2) is 5.78 Å². The molecule has 0 fully saturated rings. The highest BCUT2D eigenvalue weighted by Gasteiger charge is 2.15. The van der Waals surface area contributed by atoms with Crippen molar-refractivity contribution in [2.45, 2.75) is 6.92 Å². The minimum Gasteiger partial charge on any atom is -0.494 e. The molecular weight excluding hydrogens is 233 g/mol. The fourth-order valence-corrected chi connectivity index (χ4v) is 1.75. The number of ketones is 1. The molecule has 0 saturated heterocycles. The molecule has 4 heteroatoms. The predicted molar refractivity (Wildman–Crippen MR) is 65.4 cm³/mol. The summed E-state index contributed by atoms with van der Waals surface area (Å²) in [6.07, 6.45) is 2.96. The lowest BCUT2D eigenvalue weighted by Crippen LogP contribution is -2.05. The van der Waals surface area contributed by atoms with Crippen molar-refractivity contribution in [2.24, 2.45) is 0 Å². The summed E-state index contributed by atoms with van der Waals surface area (Å²) in [6.45, 7) is 1.74. The number of carbonyl (C=O) groups excluding carboxylic acids is 1. The van der Waals surface area contributed by atoms with Crippen LogP contribution in [-0.2, 0) is 0 Å². The van der Waals surface area contributed by atoms with Crippen LogP contribution in [0, 0.1) is 12.7 Å². The van der Waals surface area contributed by atoms with Gasteiger partial charge in [-0.05, 0) is 36.8 Å². The first-order valence-electron chi connectivity index (χ1n) is 5.41. The number of carbonyl (C=O) groups is 1. The molecule has 0 atom stereocenters. The lowest BCUT2D eigenvalue weighted by atomic mass is 10.0. The smallest absolute Gasteiger partial charge is 0.196 e. The van der Waals surface area contributed by atoms with E-state index in [2.05, 4.69) is 4.98 Å². The number of ether oxygens (including phenoxy) is 1. The molecule has 0 bridgehead atoms. The molecule has 0 saturated carbocycles. The van der Waals surface area contributed by atoms with Crippen molar-refractivity contribution in [3.05, 3.63) is 59.2 Å². The zero-order chi connectivity index (χ0) is 13.1. The molecule has 1 aromatic carbocycles. The van der Waals surface area contributed by atoms with Crippen LogP contribution in [0.3, 0.4) is 0 Å². The van der Waals surface area contributed by atoms with Gasteiger partial charge in [0.1, 0.15) is 11.6 Å². The predicted octanol–water partition coefficient (Wildman–Crippen LogP) is 2.77. The maximum absolute atomic E-state index is 13.3. The van der Waals surface area contributed by atoms with Gasteiger partial charge in [-0.15, -0.1) is 0 Å². The number of aryl methyl sites for hydroxylation is 1. The second-order valence-corrected chi connectivity index (χ2v) is 3.92. The van der Waals surface area contributed by atoms with Crippen molar-refractivity contribution in [1.82, 2.24) is 4.98 Å². The Labute approximate surface area is 104 Å². The SMILES string of the molecule is COc1cnccc1C(=O)c1cc(C)cc(F)c1. The van der Waals surface area contributed by atoms with E-state index in [9.17, 15) is 9.18 Å². The summed E-state index contributed by atoms with van der Waals surface area (Å²) in [5.41, 5.74) is 1.38. The van der Waals surface area contributed by atoms with E-state index in [1.165, 1.54) is 31.6 Å². The van der Waals surface area contributed by atoms with E-state index in [-0.39, 0.29) is 5.78 Å². The van der Waals surface area contributed by atoms with Gasteiger partial charge < -0.3 is 4.74 Å². The van der Waals surface area contributed by atoms with E-state index in [1.54, 1.807) is 19.1 Å². The standard InChI is InChI=1S/C14H12FNO2/c1-9-5-10(7-11(15)6-9)14(17)12-3-4-16-8-13(12)18-2/h3-8H,1-2H3. The van der Waals surface area contributed by atoms with Gasteiger partial charge in [0.25, 0.3) is 0 Å². The lowest BCUT2D eigenvalue weighted by Gasteiger charge is -2.07. The molecule has 92 valence electrons. The van der Waals surface area contributed by atoms with Gasteiger partial charge in [-0.3, -0.25) is 9.78 Å². The van der Waals surface area contributed by atoms with E-state index < -0.39 is 5.82 Å². The molecule has 0 aliphatic rings. The lowest BCUT2D eigenvalue weighted by molar-refractivity contribution is 0.103. The van der Waals surface area contributed by atoms with Crippen molar-refractivity contribution in [3.8, 4) is 5.75 Å². The van der Waals surface area contributed by atoms with Crippen LogP contribution in [0.4, 0.5) is 4.39 Å². The molecule has 0 N–H and O–H groups in total. The Bertz CT molecular complexity index is 576. The monoisotopic (exact) mass is 245 g/mol. The van der Waals surface area contributed by atoms with Gasteiger partial charge in [0.05, 0.1) is 18.9 Å². The van der Waals surface area contributed by atoms with E-state index in [0.717, 1.165) is 0 Å². The summed E-state index contributed by atoms with van der Waals surface area (Å²) in [5, 5.41) is 0. The van der Waals surface area contributed by atoms with Crippen molar-refractivity contribution in [2.75, 3.05) is 7.11 Å². The van der Waals surface area contributed by atoms with Crippen LogP contribution < -0.4 is 4.74 Å². The summed E-state index contributed by atoms with van der Waals surface area (Å²) in [7, 11) is 1.46. The van der Waals surface area contributed by atoms with E-state index >= 15 is 0 Å². The molecule has 1 heterocycles. The molecule has 0 amide bonds. The normalized spacial score (nSPS) is 10.2. The first-order chi connectivity index (χ1) is 8.61. The van der Waals surface area contributed by atoms with Gasteiger partial charge in [-0.1, -0.05) is 0 Å².